The van der Waals surface area contributed by atoms with E-state index in [0.29, 0.717) is 16.6 Å². The van der Waals surface area contributed by atoms with Crippen LogP contribution in [0.5, 0.6) is 0 Å². The molecule has 0 saturated heterocycles. The van der Waals surface area contributed by atoms with Crippen LogP contribution < -0.4 is 5.32 Å². The second-order valence-electron chi connectivity index (χ2n) is 3.55. The summed E-state index contributed by atoms with van der Waals surface area (Å²) in [6.45, 7) is 1.50. The molecule has 1 aromatic carbocycles. The fraction of sp³-hybridized carbons (Fsp3) is 0.167. The van der Waals surface area contributed by atoms with Gasteiger partial charge in [-0.1, -0.05) is 40.9 Å². The van der Waals surface area contributed by atoms with Crippen LogP contribution >= 0.6 is 46.1 Å². The summed E-state index contributed by atoms with van der Waals surface area (Å²) in [5, 5.41) is 4.66. The first-order valence-electron chi connectivity index (χ1n) is 5.04. The Morgan fingerprint density at radius 3 is 2.47 bits per heavy atom. The van der Waals surface area contributed by atoms with Crippen molar-refractivity contribution in [3.63, 3.8) is 0 Å². The zero-order valence-corrected chi connectivity index (χ0v) is 11.9. The highest BCUT2D eigenvalue weighted by Gasteiger charge is 2.02. The largest absolute Gasteiger partial charge is 0.308 e. The molecule has 0 atom stereocenters. The van der Waals surface area contributed by atoms with Crippen LogP contribution in [0.15, 0.2) is 30.3 Å². The van der Waals surface area contributed by atoms with Crippen LogP contribution in [0.3, 0.4) is 0 Å². The summed E-state index contributed by atoms with van der Waals surface area (Å²) in [5.41, 5.74) is 1.04. The van der Waals surface area contributed by atoms with Crippen molar-refractivity contribution in [2.75, 3.05) is 0 Å². The van der Waals surface area contributed by atoms with Gasteiger partial charge >= 0.3 is 0 Å². The fourth-order valence-electron chi connectivity index (χ4n) is 1.43. The molecule has 1 nitrogen and oxygen atoms in total. The van der Waals surface area contributed by atoms with E-state index < -0.39 is 0 Å². The third-order valence-electron chi connectivity index (χ3n) is 2.26. The lowest BCUT2D eigenvalue weighted by atomic mass is 10.2. The Kier molecular flexibility index (Phi) is 4.71. The first kappa shape index (κ1) is 13.2. The van der Waals surface area contributed by atoms with Gasteiger partial charge in [0.1, 0.15) is 0 Å². The number of rotatable bonds is 4. The SMILES string of the molecule is Clc1ccc(CNCc2ccc(Cl)s2)c(Cl)c1. The van der Waals surface area contributed by atoms with Gasteiger partial charge in [-0.15, -0.1) is 11.3 Å². The second-order valence-corrected chi connectivity index (χ2v) is 6.19. The zero-order chi connectivity index (χ0) is 12.3. The molecule has 0 fully saturated rings. The van der Waals surface area contributed by atoms with Gasteiger partial charge in [0.15, 0.2) is 0 Å². The lowest BCUT2D eigenvalue weighted by molar-refractivity contribution is 0.701. The molecule has 2 rings (SSSR count). The number of halogens is 3. The highest BCUT2D eigenvalue weighted by atomic mass is 35.5. The molecule has 0 radical (unpaired) electrons. The number of benzene rings is 1. The lowest BCUT2D eigenvalue weighted by Crippen LogP contribution is -2.11. The van der Waals surface area contributed by atoms with E-state index in [-0.39, 0.29) is 0 Å². The molecule has 0 amide bonds. The molecule has 0 saturated carbocycles. The van der Waals surface area contributed by atoms with Gasteiger partial charge in [-0.2, -0.15) is 0 Å². The molecule has 0 unspecified atom stereocenters. The van der Waals surface area contributed by atoms with Crippen molar-refractivity contribution < 1.29 is 0 Å². The first-order chi connectivity index (χ1) is 8.15. The third-order valence-corrected chi connectivity index (χ3v) is 4.08. The highest BCUT2D eigenvalue weighted by Crippen LogP contribution is 2.22. The Morgan fingerprint density at radius 1 is 1.00 bits per heavy atom. The van der Waals surface area contributed by atoms with Gasteiger partial charge in [0.2, 0.25) is 0 Å². The third kappa shape index (κ3) is 3.87. The minimum Gasteiger partial charge on any atom is -0.308 e. The number of hydrogen-bond donors (Lipinski definition) is 1. The molecular formula is C12H10Cl3NS. The first-order valence-corrected chi connectivity index (χ1v) is 6.99. The summed E-state index contributed by atoms with van der Waals surface area (Å²) in [7, 11) is 0. The van der Waals surface area contributed by atoms with Crippen molar-refractivity contribution in [2.45, 2.75) is 13.1 Å². The van der Waals surface area contributed by atoms with E-state index in [4.69, 9.17) is 34.8 Å². The maximum atomic E-state index is 6.07. The van der Waals surface area contributed by atoms with Gasteiger partial charge in [0.05, 0.1) is 4.34 Å². The Hall–Kier alpha value is -0.250. The minimum atomic E-state index is 0.656. The molecule has 0 aliphatic rings. The van der Waals surface area contributed by atoms with Gasteiger partial charge < -0.3 is 5.32 Å². The molecule has 0 aliphatic carbocycles. The van der Waals surface area contributed by atoms with E-state index >= 15 is 0 Å². The normalized spacial score (nSPS) is 10.8. The van der Waals surface area contributed by atoms with Crippen molar-refractivity contribution >= 4 is 46.1 Å². The van der Waals surface area contributed by atoms with Crippen LogP contribution in [0.25, 0.3) is 0 Å². The minimum absolute atomic E-state index is 0.656. The number of hydrogen-bond acceptors (Lipinski definition) is 2. The van der Waals surface area contributed by atoms with E-state index in [1.54, 1.807) is 17.4 Å². The molecule has 0 spiro atoms. The Morgan fingerprint density at radius 2 is 1.82 bits per heavy atom. The number of nitrogens with one attached hydrogen (secondary N) is 1. The predicted molar refractivity (Wildman–Crippen MR) is 76.3 cm³/mol. The van der Waals surface area contributed by atoms with E-state index in [2.05, 4.69) is 5.32 Å². The summed E-state index contributed by atoms with van der Waals surface area (Å²) in [5.74, 6) is 0. The van der Waals surface area contributed by atoms with Crippen LogP contribution in [-0.4, -0.2) is 0 Å². The lowest BCUT2D eigenvalue weighted by Gasteiger charge is -2.06. The number of thiophene rings is 1. The fourth-order valence-corrected chi connectivity index (χ4v) is 2.96. The van der Waals surface area contributed by atoms with Crippen molar-refractivity contribution in [2.24, 2.45) is 0 Å². The van der Waals surface area contributed by atoms with E-state index in [9.17, 15) is 0 Å². The predicted octanol–water partition coefficient (Wildman–Crippen LogP) is 5.00. The monoisotopic (exact) mass is 305 g/mol. The highest BCUT2D eigenvalue weighted by molar-refractivity contribution is 7.16. The Labute approximate surface area is 119 Å². The van der Waals surface area contributed by atoms with Gasteiger partial charge in [-0.3, -0.25) is 0 Å². The van der Waals surface area contributed by atoms with Crippen LogP contribution in [0, 0.1) is 0 Å². The topological polar surface area (TPSA) is 12.0 Å². The van der Waals surface area contributed by atoms with Gasteiger partial charge in [0.25, 0.3) is 0 Å². The van der Waals surface area contributed by atoms with Crippen LogP contribution in [0.1, 0.15) is 10.4 Å². The zero-order valence-electron chi connectivity index (χ0n) is 8.84. The average molecular weight is 307 g/mol. The van der Waals surface area contributed by atoms with Gasteiger partial charge in [0, 0.05) is 28.0 Å². The maximum absolute atomic E-state index is 6.07. The quantitative estimate of drug-likeness (QED) is 0.838. The van der Waals surface area contributed by atoms with Gasteiger partial charge in [-0.05, 0) is 29.8 Å². The van der Waals surface area contributed by atoms with Gasteiger partial charge in [-0.25, -0.2) is 0 Å². The Bertz CT molecular complexity index is 510. The van der Waals surface area contributed by atoms with E-state index in [0.717, 1.165) is 16.4 Å². The van der Waals surface area contributed by atoms with E-state index in [1.165, 1.54) is 4.88 Å². The van der Waals surface area contributed by atoms with Crippen LogP contribution in [0.2, 0.25) is 14.4 Å². The molecule has 90 valence electrons. The molecule has 1 N–H and O–H groups in total. The molecule has 0 aliphatic heterocycles. The molecule has 0 bridgehead atoms. The maximum Gasteiger partial charge on any atom is 0.0931 e. The molecule has 2 aromatic rings. The standard InChI is InChI=1S/C12H10Cl3NS/c13-9-2-1-8(11(14)5-9)6-16-7-10-3-4-12(15)17-10/h1-5,16H,6-7H2. The molecule has 17 heavy (non-hydrogen) atoms. The molecular weight excluding hydrogens is 297 g/mol. The second kappa shape index (κ2) is 6.07. The van der Waals surface area contributed by atoms with Crippen molar-refractivity contribution in [3.8, 4) is 0 Å². The molecule has 1 heterocycles. The Balaban J connectivity index is 1.90. The smallest absolute Gasteiger partial charge is 0.0931 e. The summed E-state index contributed by atoms with van der Waals surface area (Å²) in [4.78, 5) is 1.21. The summed E-state index contributed by atoms with van der Waals surface area (Å²) in [6, 6.07) is 9.44. The summed E-state index contributed by atoms with van der Waals surface area (Å²) < 4.78 is 0.811. The summed E-state index contributed by atoms with van der Waals surface area (Å²) >= 11 is 19.3. The molecule has 5 heteroatoms. The van der Waals surface area contributed by atoms with Crippen molar-refractivity contribution in [1.29, 1.82) is 0 Å². The molecule has 1 aromatic heterocycles. The van der Waals surface area contributed by atoms with E-state index in [1.807, 2.05) is 24.3 Å². The van der Waals surface area contributed by atoms with Crippen LogP contribution in [0.4, 0.5) is 0 Å². The summed E-state index contributed by atoms with van der Waals surface area (Å²) in [6.07, 6.45) is 0. The van der Waals surface area contributed by atoms with Crippen LogP contribution in [-0.2, 0) is 13.1 Å². The average Bonchev–Trinajstić information content (AvgIpc) is 2.68. The van der Waals surface area contributed by atoms with Crippen molar-refractivity contribution in [1.82, 2.24) is 5.32 Å². The van der Waals surface area contributed by atoms with Crippen molar-refractivity contribution in [3.05, 3.63) is 55.2 Å².